The van der Waals surface area contributed by atoms with E-state index in [2.05, 4.69) is 35.0 Å². The third-order valence-electron chi connectivity index (χ3n) is 7.69. The number of methoxy groups -OCH3 is 1. The zero-order chi connectivity index (χ0) is 25.9. The molecular weight excluding hydrogens is 500 g/mol. The van der Waals surface area contributed by atoms with Crippen LogP contribution in [0.1, 0.15) is 60.0 Å². The first-order chi connectivity index (χ1) is 18.0. The van der Waals surface area contributed by atoms with Gasteiger partial charge in [0.2, 0.25) is 0 Å². The summed E-state index contributed by atoms with van der Waals surface area (Å²) in [5.41, 5.74) is 4.08. The molecular formula is C31H33ClN2O2S. The number of ether oxygens (including phenoxy) is 1. The van der Waals surface area contributed by atoms with Crippen molar-refractivity contribution in [2.45, 2.75) is 58.5 Å². The highest BCUT2D eigenvalue weighted by Gasteiger charge is 2.32. The highest BCUT2D eigenvalue weighted by atomic mass is 35.5. The fraction of sp³-hybridized carbons (Fsp3) is 0.355. The predicted molar refractivity (Wildman–Crippen MR) is 154 cm³/mol. The number of benzene rings is 2. The molecule has 1 fully saturated rings. The maximum atomic E-state index is 14.2. The lowest BCUT2D eigenvalue weighted by Crippen LogP contribution is -2.41. The van der Waals surface area contributed by atoms with Gasteiger partial charge in [-0.05, 0) is 68.4 Å². The fourth-order valence-corrected chi connectivity index (χ4v) is 6.89. The van der Waals surface area contributed by atoms with E-state index in [1.807, 2.05) is 49.5 Å². The molecule has 0 aliphatic heterocycles. The third-order valence-corrected chi connectivity index (χ3v) is 9.35. The highest BCUT2D eigenvalue weighted by molar-refractivity contribution is 7.21. The van der Waals surface area contributed by atoms with E-state index in [0.717, 1.165) is 69.8 Å². The van der Waals surface area contributed by atoms with Crippen LogP contribution in [0.5, 0.6) is 5.75 Å². The lowest BCUT2D eigenvalue weighted by atomic mass is 9.83. The maximum Gasteiger partial charge on any atom is 0.266 e. The number of thiophene rings is 1. The van der Waals surface area contributed by atoms with Crippen molar-refractivity contribution in [3.8, 4) is 16.9 Å². The molecule has 0 spiro atoms. The molecule has 1 aliphatic rings. The number of carbonyl (C=O) groups excluding carboxylic acids is 1. The van der Waals surface area contributed by atoms with Gasteiger partial charge in [0.25, 0.3) is 5.91 Å². The zero-order valence-corrected chi connectivity index (χ0v) is 23.2. The molecule has 4 nitrogen and oxygen atoms in total. The number of carbonyl (C=O) groups is 1. The largest absolute Gasteiger partial charge is 0.496 e. The number of aromatic nitrogens is 1. The summed E-state index contributed by atoms with van der Waals surface area (Å²) in [4.78, 5) is 21.3. The first-order valence-corrected chi connectivity index (χ1v) is 14.3. The lowest BCUT2D eigenvalue weighted by Gasteiger charge is -2.37. The Morgan fingerprint density at radius 1 is 1.08 bits per heavy atom. The molecule has 1 aliphatic carbocycles. The summed E-state index contributed by atoms with van der Waals surface area (Å²) in [5.74, 6) is 1.54. The number of amides is 1. The lowest BCUT2D eigenvalue weighted by molar-refractivity contribution is 0.0591. The highest BCUT2D eigenvalue weighted by Crippen LogP contribution is 2.39. The number of hydrogen-bond donors (Lipinski definition) is 0. The van der Waals surface area contributed by atoms with Gasteiger partial charge < -0.3 is 9.64 Å². The van der Waals surface area contributed by atoms with Crippen molar-refractivity contribution in [3.63, 3.8) is 0 Å². The second kappa shape index (κ2) is 11.2. The normalized spacial score (nSPS) is 17.6. The zero-order valence-electron chi connectivity index (χ0n) is 21.7. The second-order valence-electron chi connectivity index (χ2n) is 9.97. The quantitative estimate of drug-likeness (QED) is 0.239. The summed E-state index contributed by atoms with van der Waals surface area (Å²) in [6.45, 7) is 4.72. The summed E-state index contributed by atoms with van der Waals surface area (Å²) in [6.07, 6.45) is 7.41. The molecule has 1 amide bonds. The monoisotopic (exact) mass is 532 g/mol. The summed E-state index contributed by atoms with van der Waals surface area (Å²) in [7, 11) is 1.69. The van der Waals surface area contributed by atoms with Crippen LogP contribution in [0.4, 0.5) is 0 Å². The van der Waals surface area contributed by atoms with Crippen LogP contribution in [0.15, 0.2) is 60.8 Å². The predicted octanol–water partition coefficient (Wildman–Crippen LogP) is 8.54. The van der Waals surface area contributed by atoms with E-state index in [1.54, 1.807) is 7.11 Å². The Kier molecular flexibility index (Phi) is 7.82. The van der Waals surface area contributed by atoms with Crippen LogP contribution in [0.3, 0.4) is 0 Å². The van der Waals surface area contributed by atoms with E-state index < -0.39 is 0 Å². The van der Waals surface area contributed by atoms with Gasteiger partial charge in [-0.1, -0.05) is 55.3 Å². The van der Waals surface area contributed by atoms with Crippen molar-refractivity contribution in [3.05, 3.63) is 82.0 Å². The molecule has 37 heavy (non-hydrogen) atoms. The number of halogens is 1. The van der Waals surface area contributed by atoms with Gasteiger partial charge >= 0.3 is 0 Å². The number of aryl methyl sites for hydroxylation is 1. The van der Waals surface area contributed by atoms with E-state index in [0.29, 0.717) is 16.4 Å². The SMILES string of the molecule is CC[C@H]1CC[C@H](N(Cc2cc(-c3ccc(C)nc3)ccc2OC)C(=O)c2sc3ccccc3c2Cl)CC1. The van der Waals surface area contributed by atoms with Gasteiger partial charge in [-0.15, -0.1) is 11.3 Å². The average molecular weight is 533 g/mol. The van der Waals surface area contributed by atoms with Crippen LogP contribution in [0, 0.1) is 12.8 Å². The number of fused-ring (bicyclic) bond motifs is 1. The van der Waals surface area contributed by atoms with Crippen LogP contribution in [0.25, 0.3) is 21.2 Å². The molecule has 1 saturated carbocycles. The first-order valence-electron chi connectivity index (χ1n) is 13.1. The molecule has 6 heteroatoms. The van der Waals surface area contributed by atoms with Crippen molar-refractivity contribution in [1.82, 2.24) is 9.88 Å². The molecule has 0 saturated heterocycles. The van der Waals surface area contributed by atoms with Crippen molar-refractivity contribution in [2.24, 2.45) is 5.92 Å². The van der Waals surface area contributed by atoms with E-state index in [4.69, 9.17) is 16.3 Å². The smallest absolute Gasteiger partial charge is 0.266 e. The molecule has 4 aromatic rings. The van der Waals surface area contributed by atoms with Crippen LogP contribution >= 0.6 is 22.9 Å². The minimum Gasteiger partial charge on any atom is -0.496 e. The summed E-state index contributed by atoms with van der Waals surface area (Å²) in [6, 6.07) is 18.4. The van der Waals surface area contributed by atoms with Gasteiger partial charge in [-0.25, -0.2) is 0 Å². The van der Waals surface area contributed by atoms with E-state index in [9.17, 15) is 4.79 Å². The summed E-state index contributed by atoms with van der Waals surface area (Å²) in [5, 5.41) is 1.50. The molecule has 2 aromatic carbocycles. The van der Waals surface area contributed by atoms with Crippen molar-refractivity contribution >= 4 is 38.9 Å². The van der Waals surface area contributed by atoms with Gasteiger partial charge in [0, 0.05) is 45.7 Å². The van der Waals surface area contributed by atoms with E-state index in [-0.39, 0.29) is 11.9 Å². The Bertz CT molecular complexity index is 1390. The number of hydrogen-bond acceptors (Lipinski definition) is 4. The van der Waals surface area contributed by atoms with Crippen LogP contribution < -0.4 is 4.74 Å². The number of pyridine rings is 1. The minimum atomic E-state index is 0.00982. The summed E-state index contributed by atoms with van der Waals surface area (Å²) >= 11 is 8.28. The Morgan fingerprint density at radius 3 is 2.51 bits per heavy atom. The van der Waals surface area contributed by atoms with Crippen LogP contribution in [-0.2, 0) is 6.54 Å². The second-order valence-corrected chi connectivity index (χ2v) is 11.4. The van der Waals surface area contributed by atoms with Gasteiger partial charge in [0.15, 0.2) is 0 Å². The average Bonchev–Trinajstić information content (AvgIpc) is 3.28. The van der Waals surface area contributed by atoms with E-state index in [1.165, 1.54) is 17.8 Å². The molecule has 0 unspecified atom stereocenters. The molecule has 192 valence electrons. The van der Waals surface area contributed by atoms with Gasteiger partial charge in [0.1, 0.15) is 10.6 Å². The molecule has 0 atom stereocenters. The molecule has 0 N–H and O–H groups in total. The first kappa shape index (κ1) is 25.7. The summed E-state index contributed by atoms with van der Waals surface area (Å²) < 4.78 is 6.80. The molecule has 0 bridgehead atoms. The minimum absolute atomic E-state index is 0.00982. The standard InChI is InChI=1S/C31H33ClN2O2S/c1-4-21-10-14-25(15-11-21)34(31(35)30-29(32)26-7-5-6-8-28(26)37-30)19-24-17-22(13-16-27(24)36-3)23-12-9-20(2)33-18-23/h5-9,12-13,16-18,21,25H,4,10-11,14-15,19H2,1-3H3/t21-,25-. The van der Waals surface area contributed by atoms with Crippen LogP contribution in [0.2, 0.25) is 5.02 Å². The van der Waals surface area contributed by atoms with Crippen molar-refractivity contribution in [1.29, 1.82) is 0 Å². The van der Waals surface area contributed by atoms with Gasteiger partial charge in [-0.2, -0.15) is 0 Å². The maximum absolute atomic E-state index is 14.2. The Morgan fingerprint density at radius 2 is 1.84 bits per heavy atom. The molecule has 0 radical (unpaired) electrons. The molecule has 5 rings (SSSR count). The number of rotatable bonds is 7. The Hall–Kier alpha value is -2.89. The Balaban J connectivity index is 1.52. The van der Waals surface area contributed by atoms with E-state index >= 15 is 0 Å². The number of nitrogens with zero attached hydrogens (tertiary/aromatic N) is 2. The fourth-order valence-electron chi connectivity index (χ4n) is 5.42. The van der Waals surface area contributed by atoms with Crippen LogP contribution in [-0.4, -0.2) is 28.9 Å². The van der Waals surface area contributed by atoms with Gasteiger partial charge in [-0.3, -0.25) is 9.78 Å². The van der Waals surface area contributed by atoms with Gasteiger partial charge in [0.05, 0.1) is 12.1 Å². The topological polar surface area (TPSA) is 42.4 Å². The Labute approximate surface area is 228 Å². The van der Waals surface area contributed by atoms with Crippen molar-refractivity contribution in [2.75, 3.05) is 7.11 Å². The molecule has 2 aromatic heterocycles. The van der Waals surface area contributed by atoms with Crippen molar-refractivity contribution < 1.29 is 9.53 Å². The molecule has 2 heterocycles. The third kappa shape index (κ3) is 5.39.